The summed E-state index contributed by atoms with van der Waals surface area (Å²) in [6.07, 6.45) is 3.39. The molecule has 1 aromatic heterocycles. The van der Waals surface area contributed by atoms with Crippen LogP contribution in [-0.4, -0.2) is 32.5 Å². The maximum absolute atomic E-state index is 12.1. The summed E-state index contributed by atoms with van der Waals surface area (Å²) in [6.45, 7) is 1.85. The number of piperidine rings is 1. The number of nitrogens with one attached hydrogen (secondary N) is 1. The highest BCUT2D eigenvalue weighted by Gasteiger charge is 2.21. The monoisotopic (exact) mass is 245 g/mol. The fraction of sp³-hybridized carbons (Fsp3) is 0.556. The van der Waals surface area contributed by atoms with Crippen molar-refractivity contribution in [1.82, 2.24) is 15.3 Å². The fourth-order valence-corrected chi connectivity index (χ4v) is 3.19. The molecule has 0 saturated carbocycles. The molecule has 1 N–H and O–H groups in total. The quantitative estimate of drug-likeness (QED) is 0.624. The predicted octanol–water partition coefficient (Wildman–Crippen LogP) is 0.990. The van der Waals surface area contributed by atoms with Crippen LogP contribution in [0.5, 0.6) is 0 Å². The third-order valence-corrected chi connectivity index (χ3v) is 4.29. The minimum absolute atomic E-state index is 0.162. The largest absolute Gasteiger partial charge is 0.317 e. The third-order valence-electron chi connectivity index (χ3n) is 2.40. The van der Waals surface area contributed by atoms with Crippen LogP contribution in [0.3, 0.4) is 0 Å². The summed E-state index contributed by atoms with van der Waals surface area (Å²) in [6, 6.07) is 1.67. The van der Waals surface area contributed by atoms with Gasteiger partial charge in [-0.15, -0.1) is 0 Å². The van der Waals surface area contributed by atoms with E-state index in [0.717, 1.165) is 25.9 Å². The molecule has 1 aromatic rings. The Bertz CT molecular complexity index is 368. The molecule has 1 atom stereocenters. The molecular formula is C9H12ClN3OS. The summed E-state index contributed by atoms with van der Waals surface area (Å²) >= 11 is 5.66. The lowest BCUT2D eigenvalue weighted by Gasteiger charge is -2.21. The average molecular weight is 246 g/mol. The van der Waals surface area contributed by atoms with E-state index in [1.807, 2.05) is 0 Å². The summed E-state index contributed by atoms with van der Waals surface area (Å²) in [4.78, 5) is 7.76. The van der Waals surface area contributed by atoms with Crippen molar-refractivity contribution in [2.24, 2.45) is 0 Å². The van der Waals surface area contributed by atoms with Crippen LogP contribution < -0.4 is 5.32 Å². The highest BCUT2D eigenvalue weighted by molar-refractivity contribution is 7.85. The Morgan fingerprint density at radius 1 is 1.47 bits per heavy atom. The lowest BCUT2D eigenvalue weighted by Crippen LogP contribution is -2.33. The summed E-state index contributed by atoms with van der Waals surface area (Å²) in [7, 11) is -1.06. The molecule has 1 fully saturated rings. The van der Waals surface area contributed by atoms with E-state index >= 15 is 0 Å². The van der Waals surface area contributed by atoms with Crippen LogP contribution in [0.1, 0.15) is 12.8 Å². The minimum Gasteiger partial charge on any atom is -0.317 e. The van der Waals surface area contributed by atoms with Gasteiger partial charge in [-0.2, -0.15) is 0 Å². The molecule has 0 radical (unpaired) electrons. The van der Waals surface area contributed by atoms with Crippen molar-refractivity contribution in [2.75, 3.05) is 13.1 Å². The average Bonchev–Trinajstić information content (AvgIpc) is 2.29. The topological polar surface area (TPSA) is 54.9 Å². The van der Waals surface area contributed by atoms with Crippen molar-refractivity contribution in [1.29, 1.82) is 0 Å². The van der Waals surface area contributed by atoms with Gasteiger partial charge in [-0.3, -0.25) is 4.21 Å². The normalized spacial score (nSPS) is 20.1. The van der Waals surface area contributed by atoms with E-state index in [9.17, 15) is 4.21 Å². The summed E-state index contributed by atoms with van der Waals surface area (Å²) in [5, 5.41) is 4.14. The molecule has 2 rings (SSSR count). The molecule has 0 spiro atoms. The van der Waals surface area contributed by atoms with E-state index in [-0.39, 0.29) is 10.5 Å². The molecular weight excluding hydrogens is 234 g/mol. The van der Waals surface area contributed by atoms with Crippen LogP contribution in [0.4, 0.5) is 0 Å². The number of hydrogen-bond donors (Lipinski definition) is 1. The van der Waals surface area contributed by atoms with E-state index in [4.69, 9.17) is 11.6 Å². The zero-order chi connectivity index (χ0) is 10.7. The van der Waals surface area contributed by atoms with Gasteiger partial charge in [0.05, 0.1) is 10.8 Å². The van der Waals surface area contributed by atoms with Gasteiger partial charge in [0.1, 0.15) is 5.03 Å². The van der Waals surface area contributed by atoms with Crippen molar-refractivity contribution in [3.05, 3.63) is 17.5 Å². The van der Waals surface area contributed by atoms with Crippen LogP contribution >= 0.6 is 11.6 Å². The van der Waals surface area contributed by atoms with Gasteiger partial charge in [0, 0.05) is 11.4 Å². The predicted molar refractivity (Wildman–Crippen MR) is 59.3 cm³/mol. The van der Waals surface area contributed by atoms with Gasteiger partial charge in [-0.05, 0) is 43.6 Å². The molecule has 82 valence electrons. The fourth-order valence-electron chi connectivity index (χ4n) is 1.61. The Kier molecular flexibility index (Phi) is 3.66. The Balaban J connectivity index is 2.12. The molecule has 0 aromatic carbocycles. The number of nitrogens with zero attached hydrogens (tertiary/aromatic N) is 2. The van der Waals surface area contributed by atoms with Crippen molar-refractivity contribution in [3.63, 3.8) is 0 Å². The molecule has 1 aliphatic rings. The van der Waals surface area contributed by atoms with Crippen LogP contribution in [0, 0.1) is 0 Å². The zero-order valence-corrected chi connectivity index (χ0v) is 9.72. The molecule has 1 saturated heterocycles. The van der Waals surface area contributed by atoms with Crippen molar-refractivity contribution >= 4 is 22.4 Å². The van der Waals surface area contributed by atoms with Crippen LogP contribution in [0.15, 0.2) is 17.3 Å². The smallest absolute Gasteiger partial charge is 0.223 e. The molecule has 1 aliphatic heterocycles. The summed E-state index contributed by atoms with van der Waals surface area (Å²) in [5.74, 6) is 0. The Hall–Kier alpha value is -0.520. The van der Waals surface area contributed by atoms with Gasteiger partial charge in [0.25, 0.3) is 0 Å². The third kappa shape index (κ3) is 2.74. The second-order valence-electron chi connectivity index (χ2n) is 3.41. The van der Waals surface area contributed by atoms with Gasteiger partial charge in [-0.1, -0.05) is 0 Å². The van der Waals surface area contributed by atoms with Gasteiger partial charge >= 0.3 is 0 Å². The first-order chi connectivity index (χ1) is 7.27. The first kappa shape index (κ1) is 11.0. The lowest BCUT2D eigenvalue weighted by molar-refractivity contribution is 0.518. The molecule has 6 heteroatoms. The minimum atomic E-state index is -1.06. The molecule has 0 amide bonds. The Labute approximate surface area is 95.9 Å². The number of halogens is 1. The van der Waals surface area contributed by atoms with E-state index in [0.29, 0.717) is 5.03 Å². The van der Waals surface area contributed by atoms with E-state index < -0.39 is 10.8 Å². The first-order valence-electron chi connectivity index (χ1n) is 4.87. The summed E-state index contributed by atoms with van der Waals surface area (Å²) in [5.41, 5.74) is 0. The zero-order valence-electron chi connectivity index (χ0n) is 8.15. The second kappa shape index (κ2) is 5.01. The van der Waals surface area contributed by atoms with Crippen LogP contribution in [0.25, 0.3) is 0 Å². The Morgan fingerprint density at radius 3 is 2.87 bits per heavy atom. The Morgan fingerprint density at radius 2 is 2.20 bits per heavy atom. The van der Waals surface area contributed by atoms with Crippen LogP contribution in [0.2, 0.25) is 5.28 Å². The number of aromatic nitrogens is 2. The van der Waals surface area contributed by atoms with Crippen molar-refractivity contribution < 1.29 is 4.21 Å². The van der Waals surface area contributed by atoms with Crippen molar-refractivity contribution in [3.8, 4) is 0 Å². The van der Waals surface area contributed by atoms with Gasteiger partial charge in [0.2, 0.25) is 5.28 Å². The standard InChI is InChI=1S/C9H12ClN3OS/c10-9-12-6-3-8(13-9)15(14)7-1-4-11-5-2-7/h3,6-7,11H,1-2,4-5H2/t15-/m0/s1. The molecule has 4 nitrogen and oxygen atoms in total. The first-order valence-corrected chi connectivity index (χ1v) is 6.46. The lowest BCUT2D eigenvalue weighted by atomic mass is 10.2. The summed E-state index contributed by atoms with van der Waals surface area (Å²) < 4.78 is 12.1. The molecule has 0 unspecified atom stereocenters. The van der Waals surface area contributed by atoms with Crippen LogP contribution in [-0.2, 0) is 10.8 Å². The maximum Gasteiger partial charge on any atom is 0.223 e. The highest BCUT2D eigenvalue weighted by atomic mass is 35.5. The molecule has 0 aliphatic carbocycles. The molecule has 2 heterocycles. The number of rotatable bonds is 2. The van der Waals surface area contributed by atoms with E-state index in [1.165, 1.54) is 0 Å². The SMILES string of the molecule is O=[S@](c1ccnc(Cl)n1)C1CCNCC1. The van der Waals surface area contributed by atoms with Gasteiger partial charge in [-0.25, -0.2) is 9.97 Å². The van der Waals surface area contributed by atoms with Crippen molar-refractivity contribution in [2.45, 2.75) is 23.1 Å². The van der Waals surface area contributed by atoms with E-state index in [1.54, 1.807) is 12.3 Å². The van der Waals surface area contributed by atoms with Gasteiger partial charge < -0.3 is 5.32 Å². The second-order valence-corrected chi connectivity index (χ2v) is 5.43. The molecule has 15 heavy (non-hydrogen) atoms. The maximum atomic E-state index is 12.1. The highest BCUT2D eigenvalue weighted by Crippen LogP contribution is 2.17. The van der Waals surface area contributed by atoms with E-state index in [2.05, 4.69) is 15.3 Å². The van der Waals surface area contributed by atoms with Gasteiger partial charge in [0.15, 0.2) is 0 Å². The number of hydrogen-bond acceptors (Lipinski definition) is 4. The molecule has 0 bridgehead atoms.